The minimum Gasteiger partial charge on any atom is -0.388 e. The summed E-state index contributed by atoms with van der Waals surface area (Å²) >= 11 is 0. The molecule has 3 rings (SSSR count). The van der Waals surface area contributed by atoms with E-state index < -0.39 is 48.4 Å². The number of urea groups is 1. The molecule has 0 aliphatic carbocycles. The lowest BCUT2D eigenvalue weighted by molar-refractivity contribution is -0.276. The fourth-order valence-electron chi connectivity index (χ4n) is 2.86. The molecule has 2 aromatic rings. The molecule has 12 heteroatoms. The van der Waals surface area contributed by atoms with Gasteiger partial charge in [0.2, 0.25) is 11.8 Å². The summed E-state index contributed by atoms with van der Waals surface area (Å²) in [6, 6.07) is 3.59. The number of alkyl halides is 3. The standard InChI is InChI=1S/C18H15F5N4O3/c1-9(11-3-2-10(19)6-12(11)20)24-15(28)8-27-7-14-13(26-17(27)29)4-5-16(25-14)30-18(21,22)23/h2-6,9H,7-8H2,1H3,(H,24,28)(H,26,29)/t9-/m0/s1. The predicted octanol–water partition coefficient (Wildman–Crippen LogP) is 3.48. The van der Waals surface area contributed by atoms with E-state index in [-0.39, 0.29) is 23.5 Å². The summed E-state index contributed by atoms with van der Waals surface area (Å²) in [7, 11) is 0. The van der Waals surface area contributed by atoms with Gasteiger partial charge in [-0.25, -0.2) is 18.6 Å². The highest BCUT2D eigenvalue weighted by atomic mass is 19.4. The van der Waals surface area contributed by atoms with E-state index in [1.165, 1.54) is 19.1 Å². The van der Waals surface area contributed by atoms with Crippen LogP contribution >= 0.6 is 0 Å². The zero-order chi connectivity index (χ0) is 22.1. The second-order valence-corrected chi connectivity index (χ2v) is 6.43. The minimum absolute atomic E-state index is 0.0498. The Hall–Kier alpha value is -3.44. The fourth-order valence-corrected chi connectivity index (χ4v) is 2.86. The second-order valence-electron chi connectivity index (χ2n) is 6.43. The third-order valence-electron chi connectivity index (χ3n) is 4.18. The molecule has 160 valence electrons. The molecule has 1 aliphatic rings. The van der Waals surface area contributed by atoms with Gasteiger partial charge in [0.05, 0.1) is 24.0 Å². The van der Waals surface area contributed by atoms with E-state index in [9.17, 15) is 31.5 Å². The Balaban J connectivity index is 1.66. The number of carbonyl (C=O) groups is 2. The number of ether oxygens (including phenoxy) is 1. The number of fused-ring (bicyclic) bond motifs is 1. The summed E-state index contributed by atoms with van der Waals surface area (Å²) in [5.41, 5.74) is 0.309. The van der Waals surface area contributed by atoms with Crippen molar-refractivity contribution in [3.05, 3.63) is 53.2 Å². The molecule has 0 saturated heterocycles. The molecule has 1 aliphatic heterocycles. The number of hydrogen-bond acceptors (Lipinski definition) is 4. The van der Waals surface area contributed by atoms with E-state index in [0.29, 0.717) is 6.07 Å². The maximum atomic E-state index is 13.8. The van der Waals surface area contributed by atoms with Gasteiger partial charge in [-0.3, -0.25) is 4.79 Å². The third-order valence-corrected chi connectivity index (χ3v) is 4.18. The number of hydrogen-bond donors (Lipinski definition) is 2. The van der Waals surface area contributed by atoms with Crippen LogP contribution in [-0.2, 0) is 11.3 Å². The summed E-state index contributed by atoms with van der Waals surface area (Å²) in [5, 5.41) is 4.89. The molecular weight excluding hydrogens is 415 g/mol. The number of pyridine rings is 1. The maximum Gasteiger partial charge on any atom is 0.574 e. The number of rotatable bonds is 5. The van der Waals surface area contributed by atoms with Crippen molar-refractivity contribution in [2.24, 2.45) is 0 Å². The van der Waals surface area contributed by atoms with E-state index in [4.69, 9.17) is 0 Å². The van der Waals surface area contributed by atoms with Crippen LogP contribution in [0.1, 0.15) is 24.2 Å². The van der Waals surface area contributed by atoms with E-state index in [1.54, 1.807) is 0 Å². The molecule has 0 fully saturated rings. The number of nitrogens with one attached hydrogen (secondary N) is 2. The van der Waals surface area contributed by atoms with Crippen LogP contribution in [-0.4, -0.2) is 34.7 Å². The van der Waals surface area contributed by atoms with Crippen molar-refractivity contribution >= 4 is 17.6 Å². The van der Waals surface area contributed by atoms with E-state index in [1.807, 2.05) is 0 Å². The van der Waals surface area contributed by atoms with Crippen LogP contribution in [0.2, 0.25) is 0 Å². The number of carbonyl (C=O) groups excluding carboxylic acids is 2. The fraction of sp³-hybridized carbons (Fsp3) is 0.278. The van der Waals surface area contributed by atoms with Gasteiger partial charge in [0, 0.05) is 17.7 Å². The quantitative estimate of drug-likeness (QED) is 0.712. The number of anilines is 1. The topological polar surface area (TPSA) is 83.6 Å². The molecule has 3 amide bonds. The first-order valence-corrected chi connectivity index (χ1v) is 8.58. The van der Waals surface area contributed by atoms with Crippen LogP contribution in [0.3, 0.4) is 0 Å². The van der Waals surface area contributed by atoms with Crippen molar-refractivity contribution in [3.63, 3.8) is 0 Å². The van der Waals surface area contributed by atoms with E-state index >= 15 is 0 Å². The molecule has 1 aromatic heterocycles. The monoisotopic (exact) mass is 430 g/mol. The van der Waals surface area contributed by atoms with Crippen LogP contribution in [0, 0.1) is 11.6 Å². The van der Waals surface area contributed by atoms with Crippen molar-refractivity contribution in [2.45, 2.75) is 25.9 Å². The first-order valence-electron chi connectivity index (χ1n) is 8.58. The lowest BCUT2D eigenvalue weighted by Crippen LogP contribution is -2.45. The number of halogens is 5. The summed E-state index contributed by atoms with van der Waals surface area (Å²) < 4.78 is 67.6. The molecule has 7 nitrogen and oxygen atoms in total. The van der Waals surface area contributed by atoms with Gasteiger partial charge in [-0.2, -0.15) is 0 Å². The molecule has 2 N–H and O–H groups in total. The zero-order valence-electron chi connectivity index (χ0n) is 15.4. The van der Waals surface area contributed by atoms with Crippen LogP contribution < -0.4 is 15.4 Å². The average Bonchev–Trinajstić information content (AvgIpc) is 2.61. The smallest absolute Gasteiger partial charge is 0.388 e. The maximum absolute atomic E-state index is 13.8. The molecular formula is C18H15F5N4O3. The van der Waals surface area contributed by atoms with E-state index in [2.05, 4.69) is 20.4 Å². The second kappa shape index (κ2) is 8.13. The summed E-state index contributed by atoms with van der Waals surface area (Å²) in [6.45, 7) is 0.759. The van der Waals surface area contributed by atoms with Gasteiger partial charge >= 0.3 is 12.4 Å². The van der Waals surface area contributed by atoms with Crippen molar-refractivity contribution in [1.82, 2.24) is 15.2 Å². The molecule has 1 atom stereocenters. The Morgan fingerprint density at radius 3 is 2.70 bits per heavy atom. The highest BCUT2D eigenvalue weighted by Gasteiger charge is 2.33. The largest absolute Gasteiger partial charge is 0.574 e. The SMILES string of the molecule is C[C@H](NC(=O)CN1Cc2nc(OC(F)(F)F)ccc2NC1=O)c1ccc(F)cc1F. The van der Waals surface area contributed by atoms with Gasteiger partial charge in [-0.1, -0.05) is 6.07 Å². The van der Waals surface area contributed by atoms with Crippen molar-refractivity contribution < 1.29 is 36.3 Å². The van der Waals surface area contributed by atoms with Crippen molar-refractivity contribution in [2.75, 3.05) is 11.9 Å². The summed E-state index contributed by atoms with van der Waals surface area (Å²) in [4.78, 5) is 29.1. The Bertz CT molecular complexity index is 983. The van der Waals surface area contributed by atoms with Gasteiger partial charge in [-0.15, -0.1) is 13.2 Å². The molecule has 0 saturated carbocycles. The van der Waals surface area contributed by atoms with Crippen molar-refractivity contribution in [1.29, 1.82) is 0 Å². The van der Waals surface area contributed by atoms with Gasteiger partial charge in [-0.05, 0) is 19.1 Å². The molecule has 0 bridgehead atoms. The predicted molar refractivity (Wildman–Crippen MR) is 93.3 cm³/mol. The summed E-state index contributed by atoms with van der Waals surface area (Å²) in [6.07, 6.45) is -4.93. The first kappa shape index (κ1) is 21.3. The van der Waals surface area contributed by atoms with Crippen LogP contribution in [0.5, 0.6) is 5.88 Å². The molecule has 30 heavy (non-hydrogen) atoms. The Kier molecular flexibility index (Phi) is 5.76. The Morgan fingerprint density at radius 2 is 2.03 bits per heavy atom. The number of nitrogens with zero attached hydrogens (tertiary/aromatic N) is 2. The first-order chi connectivity index (χ1) is 14.0. The van der Waals surface area contributed by atoms with Gasteiger partial charge < -0.3 is 20.3 Å². The highest BCUT2D eigenvalue weighted by Crippen LogP contribution is 2.27. The number of aromatic nitrogens is 1. The van der Waals surface area contributed by atoms with Gasteiger partial charge in [0.15, 0.2) is 0 Å². The molecule has 0 unspecified atom stereocenters. The van der Waals surface area contributed by atoms with Crippen LogP contribution in [0.25, 0.3) is 0 Å². The molecule has 2 heterocycles. The minimum atomic E-state index is -4.93. The third kappa shape index (κ3) is 5.13. The Labute approximate surface area is 166 Å². The van der Waals surface area contributed by atoms with Crippen LogP contribution in [0.4, 0.5) is 32.4 Å². The van der Waals surface area contributed by atoms with Gasteiger partial charge in [0.1, 0.15) is 18.2 Å². The summed E-state index contributed by atoms with van der Waals surface area (Å²) in [5.74, 6) is -2.97. The molecule has 1 aromatic carbocycles. The lowest BCUT2D eigenvalue weighted by atomic mass is 10.1. The van der Waals surface area contributed by atoms with Crippen molar-refractivity contribution in [3.8, 4) is 5.88 Å². The van der Waals surface area contributed by atoms with Crippen LogP contribution in [0.15, 0.2) is 30.3 Å². The average molecular weight is 430 g/mol. The van der Waals surface area contributed by atoms with E-state index in [0.717, 1.165) is 17.0 Å². The molecule has 0 spiro atoms. The Morgan fingerprint density at radius 1 is 1.30 bits per heavy atom. The normalized spacial score (nSPS) is 14.6. The number of amides is 3. The van der Waals surface area contributed by atoms with Gasteiger partial charge in [0.25, 0.3) is 0 Å². The molecule has 0 radical (unpaired) electrons. The highest BCUT2D eigenvalue weighted by molar-refractivity contribution is 5.94. The lowest BCUT2D eigenvalue weighted by Gasteiger charge is -2.28. The zero-order valence-corrected chi connectivity index (χ0v) is 15.4. The number of benzene rings is 1.